The summed E-state index contributed by atoms with van der Waals surface area (Å²) in [7, 11) is 0. The van der Waals surface area contributed by atoms with Crippen molar-refractivity contribution in [2.24, 2.45) is 0 Å². The van der Waals surface area contributed by atoms with Crippen LogP contribution in [-0.4, -0.2) is 20.8 Å². The van der Waals surface area contributed by atoms with Gasteiger partial charge in [-0.1, -0.05) is 16.8 Å². The zero-order valence-corrected chi connectivity index (χ0v) is 13.9. The van der Waals surface area contributed by atoms with Gasteiger partial charge in [-0.2, -0.15) is 5.10 Å². The number of ether oxygens (including phenoxy) is 1. The van der Waals surface area contributed by atoms with Crippen LogP contribution >= 0.6 is 11.6 Å². The Morgan fingerprint density at radius 1 is 1.33 bits per heavy atom. The molecule has 7 nitrogen and oxygen atoms in total. The van der Waals surface area contributed by atoms with E-state index in [-0.39, 0.29) is 18.3 Å². The van der Waals surface area contributed by atoms with Gasteiger partial charge in [0.15, 0.2) is 18.2 Å². The van der Waals surface area contributed by atoms with Gasteiger partial charge in [-0.15, -0.1) is 0 Å². The van der Waals surface area contributed by atoms with Crippen molar-refractivity contribution >= 4 is 23.3 Å². The first kappa shape index (κ1) is 16.1. The zero-order chi connectivity index (χ0) is 17.1. The number of benzene rings is 1. The summed E-state index contributed by atoms with van der Waals surface area (Å²) in [6, 6.07) is 8.61. The van der Waals surface area contributed by atoms with Crippen molar-refractivity contribution in [3.05, 3.63) is 58.6 Å². The molecule has 0 radical (unpaired) electrons. The molecular formula is C16H15ClN4O3. The topological polar surface area (TPSA) is 82.2 Å². The van der Waals surface area contributed by atoms with Crippen molar-refractivity contribution in [1.82, 2.24) is 14.9 Å². The number of rotatable bonds is 5. The second-order valence-electron chi connectivity index (χ2n) is 5.20. The van der Waals surface area contributed by atoms with E-state index in [9.17, 15) is 4.79 Å². The minimum atomic E-state index is -0.371. The van der Waals surface area contributed by atoms with Crippen LogP contribution in [0.25, 0.3) is 0 Å². The Morgan fingerprint density at radius 3 is 2.88 bits per heavy atom. The van der Waals surface area contributed by atoms with Gasteiger partial charge in [-0.25, -0.2) is 4.68 Å². The van der Waals surface area contributed by atoms with E-state index in [1.165, 1.54) is 4.68 Å². The van der Waals surface area contributed by atoms with Gasteiger partial charge >= 0.3 is 0 Å². The number of hydrogen-bond acceptors (Lipinski definition) is 5. The van der Waals surface area contributed by atoms with Crippen molar-refractivity contribution in [2.75, 3.05) is 5.32 Å². The molecule has 0 saturated heterocycles. The summed E-state index contributed by atoms with van der Waals surface area (Å²) in [6.07, 6.45) is 1.66. The van der Waals surface area contributed by atoms with E-state index in [0.717, 1.165) is 5.56 Å². The molecule has 0 aliphatic rings. The van der Waals surface area contributed by atoms with E-state index >= 15 is 0 Å². The van der Waals surface area contributed by atoms with Crippen molar-refractivity contribution in [3.63, 3.8) is 0 Å². The maximum Gasteiger partial charge on any atom is 0.277 e. The fourth-order valence-electron chi connectivity index (χ4n) is 2.01. The Hall–Kier alpha value is -2.80. The molecule has 0 aliphatic heterocycles. The normalized spacial score (nSPS) is 10.6. The van der Waals surface area contributed by atoms with Gasteiger partial charge in [0.25, 0.3) is 5.91 Å². The number of amides is 1. The number of nitrogens with one attached hydrogen (secondary N) is 1. The van der Waals surface area contributed by atoms with E-state index in [1.807, 2.05) is 13.0 Å². The van der Waals surface area contributed by atoms with Crippen LogP contribution in [0, 0.1) is 13.8 Å². The minimum Gasteiger partial charge on any atom is -0.471 e. The monoisotopic (exact) mass is 346 g/mol. The summed E-state index contributed by atoms with van der Waals surface area (Å²) in [6.45, 7) is 3.82. The lowest BCUT2D eigenvalue weighted by Crippen LogP contribution is -2.14. The highest BCUT2D eigenvalue weighted by molar-refractivity contribution is 6.31. The SMILES string of the molecule is Cc1cc(NC(=O)c2ccn(COc3ccc(Cl)c(C)c3)n2)no1. The third-order valence-corrected chi connectivity index (χ3v) is 3.66. The van der Waals surface area contributed by atoms with Crippen LogP contribution in [0.3, 0.4) is 0 Å². The first-order valence-corrected chi connectivity index (χ1v) is 7.56. The Kier molecular flexibility index (Phi) is 4.52. The summed E-state index contributed by atoms with van der Waals surface area (Å²) in [4.78, 5) is 12.1. The maximum atomic E-state index is 12.1. The van der Waals surface area contributed by atoms with E-state index in [4.69, 9.17) is 20.9 Å². The molecule has 1 aromatic carbocycles. The van der Waals surface area contributed by atoms with Crippen LogP contribution in [0.4, 0.5) is 5.82 Å². The van der Waals surface area contributed by atoms with Gasteiger partial charge in [0.05, 0.1) is 0 Å². The first-order valence-electron chi connectivity index (χ1n) is 7.18. The molecule has 1 N–H and O–H groups in total. The van der Waals surface area contributed by atoms with E-state index < -0.39 is 0 Å². The van der Waals surface area contributed by atoms with Gasteiger partial charge in [0.1, 0.15) is 11.5 Å². The van der Waals surface area contributed by atoms with Crippen molar-refractivity contribution in [1.29, 1.82) is 0 Å². The summed E-state index contributed by atoms with van der Waals surface area (Å²) < 4.78 is 12.0. The standard InChI is InChI=1S/C16H15ClN4O3/c1-10-7-12(3-4-13(10)17)23-9-21-6-5-14(19-21)16(22)18-15-8-11(2)24-20-15/h3-8H,9H2,1-2H3,(H,18,20,22). The van der Waals surface area contributed by atoms with Gasteiger partial charge in [-0.3, -0.25) is 4.79 Å². The minimum absolute atomic E-state index is 0.178. The molecule has 8 heteroatoms. The number of nitrogens with zero attached hydrogens (tertiary/aromatic N) is 3. The molecule has 3 aromatic rings. The number of halogens is 1. The van der Waals surface area contributed by atoms with Gasteiger partial charge in [0.2, 0.25) is 0 Å². The van der Waals surface area contributed by atoms with Gasteiger partial charge in [-0.05, 0) is 43.7 Å². The summed E-state index contributed by atoms with van der Waals surface area (Å²) >= 11 is 5.97. The second kappa shape index (κ2) is 6.76. The third kappa shape index (κ3) is 3.75. The molecule has 0 fully saturated rings. The number of carbonyl (C=O) groups is 1. The Morgan fingerprint density at radius 2 is 2.17 bits per heavy atom. The first-order chi connectivity index (χ1) is 11.5. The highest BCUT2D eigenvalue weighted by Crippen LogP contribution is 2.21. The van der Waals surface area contributed by atoms with Crippen LogP contribution in [0.1, 0.15) is 21.8 Å². The Balaban J connectivity index is 1.60. The van der Waals surface area contributed by atoms with Crippen LogP contribution in [-0.2, 0) is 6.73 Å². The highest BCUT2D eigenvalue weighted by Gasteiger charge is 2.12. The lowest BCUT2D eigenvalue weighted by molar-refractivity contribution is 0.101. The lowest BCUT2D eigenvalue weighted by atomic mass is 10.2. The molecule has 124 valence electrons. The molecule has 0 spiro atoms. The molecular weight excluding hydrogens is 332 g/mol. The number of anilines is 1. The van der Waals surface area contributed by atoms with Crippen molar-refractivity contribution < 1.29 is 14.1 Å². The molecule has 24 heavy (non-hydrogen) atoms. The van der Waals surface area contributed by atoms with Crippen LogP contribution in [0.2, 0.25) is 5.02 Å². The van der Waals surface area contributed by atoms with Gasteiger partial charge < -0.3 is 14.6 Å². The molecule has 2 heterocycles. The van der Waals surface area contributed by atoms with Gasteiger partial charge in [0, 0.05) is 17.3 Å². The van der Waals surface area contributed by atoms with E-state index in [1.54, 1.807) is 37.4 Å². The molecule has 0 bridgehead atoms. The quantitative estimate of drug-likeness (QED) is 0.765. The molecule has 0 aliphatic carbocycles. The average Bonchev–Trinajstić information content (AvgIpc) is 3.18. The molecule has 0 saturated carbocycles. The number of carbonyl (C=O) groups excluding carboxylic acids is 1. The molecule has 2 aromatic heterocycles. The number of aromatic nitrogens is 3. The smallest absolute Gasteiger partial charge is 0.277 e. The van der Waals surface area contributed by atoms with Crippen LogP contribution in [0.5, 0.6) is 5.75 Å². The van der Waals surface area contributed by atoms with Crippen LogP contribution in [0.15, 0.2) is 41.1 Å². The Labute approximate surface area is 143 Å². The zero-order valence-electron chi connectivity index (χ0n) is 13.1. The van der Waals surface area contributed by atoms with E-state index in [2.05, 4.69) is 15.6 Å². The molecule has 0 atom stereocenters. The second-order valence-corrected chi connectivity index (χ2v) is 5.61. The summed E-state index contributed by atoms with van der Waals surface area (Å²) in [5.41, 5.74) is 1.18. The third-order valence-electron chi connectivity index (χ3n) is 3.24. The van der Waals surface area contributed by atoms with Crippen LogP contribution < -0.4 is 10.1 Å². The predicted molar refractivity (Wildman–Crippen MR) is 88.2 cm³/mol. The average molecular weight is 347 g/mol. The summed E-state index contributed by atoms with van der Waals surface area (Å²) in [5, 5.41) is 11.2. The van der Waals surface area contributed by atoms with E-state index in [0.29, 0.717) is 22.4 Å². The maximum absolute atomic E-state index is 12.1. The number of hydrogen-bond donors (Lipinski definition) is 1. The fraction of sp³-hybridized carbons (Fsp3) is 0.188. The molecule has 0 unspecified atom stereocenters. The predicted octanol–water partition coefficient (Wildman–Crippen LogP) is 3.43. The summed E-state index contributed by atoms with van der Waals surface area (Å²) in [5.74, 6) is 1.27. The molecule has 3 rings (SSSR count). The fourth-order valence-corrected chi connectivity index (χ4v) is 2.13. The van der Waals surface area contributed by atoms with Crippen molar-refractivity contribution in [2.45, 2.75) is 20.6 Å². The highest BCUT2D eigenvalue weighted by atomic mass is 35.5. The van der Waals surface area contributed by atoms with Crippen molar-refractivity contribution in [3.8, 4) is 5.75 Å². The number of aryl methyl sites for hydroxylation is 2. The molecule has 1 amide bonds. The Bertz CT molecular complexity index is 872. The lowest BCUT2D eigenvalue weighted by Gasteiger charge is -2.07. The largest absolute Gasteiger partial charge is 0.471 e.